The van der Waals surface area contributed by atoms with Gasteiger partial charge in [-0.1, -0.05) is 0 Å². The van der Waals surface area contributed by atoms with E-state index in [4.69, 9.17) is 10.5 Å². The fourth-order valence-corrected chi connectivity index (χ4v) is 1.93. The second-order valence-corrected chi connectivity index (χ2v) is 5.09. The van der Waals surface area contributed by atoms with Crippen molar-refractivity contribution in [2.24, 2.45) is 5.73 Å². The van der Waals surface area contributed by atoms with Gasteiger partial charge in [0.2, 0.25) is 0 Å². The topological polar surface area (TPSA) is 55.5 Å². The van der Waals surface area contributed by atoms with Gasteiger partial charge in [0.05, 0.1) is 7.11 Å². The summed E-state index contributed by atoms with van der Waals surface area (Å²) in [6.07, 6.45) is 0.387. The zero-order chi connectivity index (χ0) is 13.4. The van der Waals surface area contributed by atoms with Gasteiger partial charge >= 0.3 is 0 Å². The highest BCUT2D eigenvalue weighted by Gasteiger charge is 2.23. The fraction of sp³-hybridized carbons (Fsp3) is 0.538. The number of hydrogen-bond acceptors (Lipinski definition) is 3. The third-order valence-electron chi connectivity index (χ3n) is 2.79. The van der Waals surface area contributed by atoms with E-state index in [1.54, 1.807) is 13.8 Å². The number of benzene rings is 1. The van der Waals surface area contributed by atoms with Crippen LogP contribution in [0.4, 0.5) is 4.39 Å². The number of rotatable bonds is 3. The van der Waals surface area contributed by atoms with Crippen molar-refractivity contribution in [3.63, 3.8) is 0 Å². The molecule has 0 aromatic heterocycles. The Kier molecular flexibility index (Phi) is 3.67. The molecule has 1 rings (SSSR count). The molecule has 1 aromatic carbocycles. The summed E-state index contributed by atoms with van der Waals surface area (Å²) in [5.41, 5.74) is 6.65. The van der Waals surface area contributed by atoms with Gasteiger partial charge in [0.1, 0.15) is 5.82 Å². The summed E-state index contributed by atoms with van der Waals surface area (Å²) in [7, 11) is 1.41. The first-order valence-corrected chi connectivity index (χ1v) is 5.52. The molecule has 0 amide bonds. The zero-order valence-electron chi connectivity index (χ0n) is 11.0. The van der Waals surface area contributed by atoms with Gasteiger partial charge in [0, 0.05) is 16.7 Å². The zero-order valence-corrected chi connectivity index (χ0v) is 11.0. The van der Waals surface area contributed by atoms with E-state index >= 15 is 0 Å². The van der Waals surface area contributed by atoms with E-state index < -0.39 is 5.54 Å². The van der Waals surface area contributed by atoms with Crippen molar-refractivity contribution in [2.45, 2.75) is 39.7 Å². The Hall–Kier alpha value is -1.29. The summed E-state index contributed by atoms with van der Waals surface area (Å²) >= 11 is 0. The summed E-state index contributed by atoms with van der Waals surface area (Å²) in [4.78, 5) is 0. The molecule has 4 heteroatoms. The van der Waals surface area contributed by atoms with Crippen molar-refractivity contribution in [2.75, 3.05) is 7.11 Å². The van der Waals surface area contributed by atoms with Gasteiger partial charge in [-0.05, 0) is 39.7 Å². The third kappa shape index (κ3) is 2.69. The van der Waals surface area contributed by atoms with E-state index in [1.165, 1.54) is 7.11 Å². The van der Waals surface area contributed by atoms with Crippen molar-refractivity contribution < 1.29 is 14.2 Å². The van der Waals surface area contributed by atoms with E-state index in [9.17, 15) is 9.50 Å². The maximum Gasteiger partial charge on any atom is 0.166 e. The van der Waals surface area contributed by atoms with Crippen LogP contribution in [0.15, 0.2) is 0 Å². The molecule has 3 N–H and O–H groups in total. The summed E-state index contributed by atoms with van der Waals surface area (Å²) in [5.74, 6) is -0.173. The van der Waals surface area contributed by atoms with Crippen molar-refractivity contribution >= 4 is 0 Å². The number of phenols is 1. The Morgan fingerprint density at radius 3 is 2.24 bits per heavy atom. The largest absolute Gasteiger partial charge is 0.504 e. The molecule has 0 saturated carbocycles. The first-order valence-electron chi connectivity index (χ1n) is 5.52. The molecule has 0 aliphatic heterocycles. The normalized spacial score (nSPS) is 11.7. The average molecular weight is 241 g/mol. The smallest absolute Gasteiger partial charge is 0.166 e. The van der Waals surface area contributed by atoms with Crippen LogP contribution >= 0.6 is 0 Å². The summed E-state index contributed by atoms with van der Waals surface area (Å²) in [5, 5.41) is 10.1. The van der Waals surface area contributed by atoms with E-state index in [2.05, 4.69) is 0 Å². The van der Waals surface area contributed by atoms with Gasteiger partial charge in [-0.15, -0.1) is 0 Å². The predicted molar refractivity (Wildman–Crippen MR) is 66.1 cm³/mol. The van der Waals surface area contributed by atoms with Gasteiger partial charge in [-0.25, -0.2) is 4.39 Å². The lowest BCUT2D eigenvalue weighted by Gasteiger charge is -2.23. The van der Waals surface area contributed by atoms with Crippen LogP contribution in [0.3, 0.4) is 0 Å². The maximum atomic E-state index is 14.0. The van der Waals surface area contributed by atoms with Gasteiger partial charge in [0.25, 0.3) is 0 Å². The number of ether oxygens (including phenoxy) is 1. The highest BCUT2D eigenvalue weighted by molar-refractivity contribution is 5.55. The average Bonchev–Trinajstić information content (AvgIpc) is 2.21. The second kappa shape index (κ2) is 4.53. The van der Waals surface area contributed by atoms with E-state index in [0.29, 0.717) is 23.1 Å². The van der Waals surface area contributed by atoms with Crippen molar-refractivity contribution in [3.8, 4) is 11.5 Å². The van der Waals surface area contributed by atoms with Crippen LogP contribution in [0.25, 0.3) is 0 Å². The summed E-state index contributed by atoms with van der Waals surface area (Å²) in [6, 6.07) is 0. The number of halogens is 1. The Labute approximate surface area is 101 Å². The molecule has 0 aliphatic carbocycles. The van der Waals surface area contributed by atoms with Crippen LogP contribution in [-0.4, -0.2) is 17.8 Å². The quantitative estimate of drug-likeness (QED) is 0.854. The van der Waals surface area contributed by atoms with Crippen LogP contribution in [0, 0.1) is 19.7 Å². The van der Waals surface area contributed by atoms with E-state index in [1.807, 2.05) is 13.8 Å². The van der Waals surface area contributed by atoms with Crippen molar-refractivity contribution in [1.29, 1.82) is 0 Å². The summed E-state index contributed by atoms with van der Waals surface area (Å²) in [6.45, 7) is 6.88. The molecule has 3 nitrogen and oxygen atoms in total. The standard InChI is InChI=1S/C13H20FNO2/c1-7-9(6-13(3,4)15)11(16)12(17-5)8(2)10(7)14/h16H,6,15H2,1-5H3. The van der Waals surface area contributed by atoms with Crippen molar-refractivity contribution in [3.05, 3.63) is 22.5 Å². The molecule has 1 aromatic rings. The Morgan fingerprint density at radius 2 is 1.82 bits per heavy atom. The molecular weight excluding hydrogens is 221 g/mol. The first-order chi connectivity index (χ1) is 7.69. The Balaban J connectivity index is 3.45. The molecule has 0 heterocycles. The predicted octanol–water partition coefficient (Wildman–Crippen LogP) is 2.44. The molecule has 96 valence electrons. The van der Waals surface area contributed by atoms with Gasteiger partial charge in [0.15, 0.2) is 11.5 Å². The monoisotopic (exact) mass is 241 g/mol. The summed E-state index contributed by atoms with van der Waals surface area (Å²) < 4.78 is 19.0. The molecule has 0 atom stereocenters. The number of phenolic OH excluding ortho intramolecular Hbond substituents is 1. The lowest BCUT2D eigenvalue weighted by molar-refractivity contribution is 0.359. The van der Waals surface area contributed by atoms with Gasteiger partial charge in [-0.3, -0.25) is 0 Å². The number of aromatic hydroxyl groups is 1. The number of hydrogen-bond donors (Lipinski definition) is 2. The fourth-order valence-electron chi connectivity index (χ4n) is 1.93. The van der Waals surface area contributed by atoms with E-state index in [-0.39, 0.29) is 17.3 Å². The van der Waals surface area contributed by atoms with Crippen molar-refractivity contribution in [1.82, 2.24) is 0 Å². The third-order valence-corrected chi connectivity index (χ3v) is 2.79. The molecular formula is C13H20FNO2. The van der Waals surface area contributed by atoms with Crippen LogP contribution in [0.2, 0.25) is 0 Å². The number of nitrogens with two attached hydrogens (primary N) is 1. The Morgan fingerprint density at radius 1 is 1.29 bits per heavy atom. The molecule has 0 saturated heterocycles. The second-order valence-electron chi connectivity index (χ2n) is 5.09. The lowest BCUT2D eigenvalue weighted by atomic mass is 9.91. The van der Waals surface area contributed by atoms with Crippen LogP contribution in [0.5, 0.6) is 11.5 Å². The molecule has 0 radical (unpaired) electrons. The number of methoxy groups -OCH3 is 1. The van der Waals surface area contributed by atoms with Crippen LogP contribution < -0.4 is 10.5 Å². The Bertz CT molecular complexity index is 436. The van der Waals surface area contributed by atoms with Crippen LogP contribution in [0.1, 0.15) is 30.5 Å². The SMILES string of the molecule is COc1c(C)c(F)c(C)c(CC(C)(C)N)c1O. The maximum absolute atomic E-state index is 14.0. The van der Waals surface area contributed by atoms with Crippen LogP contribution in [-0.2, 0) is 6.42 Å². The molecule has 0 aliphatic rings. The molecule has 17 heavy (non-hydrogen) atoms. The molecule has 0 bridgehead atoms. The minimum atomic E-state index is -0.519. The molecule has 0 unspecified atom stereocenters. The van der Waals surface area contributed by atoms with E-state index in [0.717, 1.165) is 0 Å². The minimum absolute atomic E-state index is 0.0116. The first kappa shape index (κ1) is 13.8. The minimum Gasteiger partial charge on any atom is -0.504 e. The highest BCUT2D eigenvalue weighted by atomic mass is 19.1. The lowest BCUT2D eigenvalue weighted by Crippen LogP contribution is -2.34. The van der Waals surface area contributed by atoms with Gasteiger partial charge < -0.3 is 15.6 Å². The highest BCUT2D eigenvalue weighted by Crippen LogP contribution is 2.39. The van der Waals surface area contributed by atoms with Gasteiger partial charge in [-0.2, -0.15) is 0 Å². The molecule has 0 spiro atoms. The molecule has 0 fully saturated rings.